The van der Waals surface area contributed by atoms with Gasteiger partial charge in [-0.15, -0.1) is 12.4 Å². The fourth-order valence-electron chi connectivity index (χ4n) is 2.45. The molecule has 0 bridgehead atoms. The van der Waals surface area contributed by atoms with Crippen molar-refractivity contribution in [3.05, 3.63) is 51.7 Å². The van der Waals surface area contributed by atoms with Crippen molar-refractivity contribution < 1.29 is 14.2 Å². The molecule has 26 heavy (non-hydrogen) atoms. The van der Waals surface area contributed by atoms with Gasteiger partial charge in [-0.05, 0) is 24.8 Å². The highest BCUT2D eigenvalue weighted by Crippen LogP contribution is 2.36. The Hall–Kier alpha value is -2.72. The Balaban J connectivity index is 0.00000243. The number of nitro groups is 1. The molecule has 0 aliphatic heterocycles. The molecule has 4 N–H and O–H groups in total. The molecule has 11 heteroatoms. The van der Waals surface area contributed by atoms with Crippen LogP contribution >= 0.6 is 12.4 Å². The number of nitrogens with one attached hydrogen (secondary N) is 2. The first-order valence-corrected chi connectivity index (χ1v) is 7.83. The summed E-state index contributed by atoms with van der Waals surface area (Å²) in [5.41, 5.74) is 6.36. The minimum Gasteiger partial charge on any atom is -0.337 e. The number of nitrogens with two attached hydrogens (primary N) is 1. The number of aromatic nitrogens is 2. The summed E-state index contributed by atoms with van der Waals surface area (Å²) in [5, 5.41) is 19.7. The number of carbonyl (C=O) groups excluding carboxylic acids is 1. The number of urea groups is 1. The van der Waals surface area contributed by atoms with Gasteiger partial charge in [0.1, 0.15) is 0 Å². The minimum absolute atomic E-state index is 0. The Morgan fingerprint density at radius 2 is 1.92 bits per heavy atom. The molecule has 0 unspecified atom stereocenters. The highest BCUT2D eigenvalue weighted by atomic mass is 35.5. The summed E-state index contributed by atoms with van der Waals surface area (Å²) in [6, 6.07) is 5.53. The lowest BCUT2D eigenvalue weighted by molar-refractivity contribution is -0.384. The average Bonchev–Trinajstić information content (AvgIpc) is 3.05. The van der Waals surface area contributed by atoms with Crippen LogP contribution in [0.25, 0.3) is 0 Å². The molecule has 1 aliphatic rings. The van der Waals surface area contributed by atoms with E-state index in [1.54, 1.807) is 12.1 Å². The maximum Gasteiger partial charge on any atom is 0.315 e. The molecule has 3 rings (SSSR count). The molecule has 0 spiro atoms. The number of nitro benzene ring substituents is 1. The van der Waals surface area contributed by atoms with Crippen LogP contribution in [0, 0.1) is 10.1 Å². The number of halogens is 1. The molecule has 1 heterocycles. The molecule has 10 nitrogen and oxygen atoms in total. The van der Waals surface area contributed by atoms with Crippen molar-refractivity contribution in [1.82, 2.24) is 20.8 Å². The van der Waals surface area contributed by atoms with E-state index in [2.05, 4.69) is 20.8 Å². The number of nitrogens with zero attached hydrogens (tertiary/aromatic N) is 3. The average molecular weight is 383 g/mol. The minimum atomic E-state index is -0.500. The zero-order valence-electron chi connectivity index (χ0n) is 13.8. The van der Waals surface area contributed by atoms with Gasteiger partial charge >= 0.3 is 6.03 Å². The monoisotopic (exact) mass is 382 g/mol. The standard InChI is InChI=1S/C15H18N6O4.ClH/c16-15(6-1-7-15)13-19-12(25-20-13)9-18-14(22)17-8-10-2-4-11(5-3-10)21(23)24;/h2-5H,1,6-9,16H2,(H2,17,18,22);1H. The van der Waals surface area contributed by atoms with E-state index in [0.717, 1.165) is 24.8 Å². The Labute approximate surface area is 155 Å². The van der Waals surface area contributed by atoms with E-state index in [1.165, 1.54) is 12.1 Å². The van der Waals surface area contributed by atoms with E-state index in [4.69, 9.17) is 10.3 Å². The van der Waals surface area contributed by atoms with E-state index >= 15 is 0 Å². The molecule has 1 fully saturated rings. The predicted octanol–water partition coefficient (Wildman–Crippen LogP) is 1.74. The summed E-state index contributed by atoms with van der Waals surface area (Å²) < 4.78 is 5.09. The van der Waals surface area contributed by atoms with Crippen LogP contribution < -0.4 is 16.4 Å². The van der Waals surface area contributed by atoms with Crippen LogP contribution in [0.4, 0.5) is 10.5 Å². The molecule has 2 aromatic rings. The second kappa shape index (κ2) is 8.11. The van der Waals surface area contributed by atoms with Gasteiger partial charge in [-0.2, -0.15) is 4.98 Å². The first kappa shape index (κ1) is 19.6. The molecule has 1 saturated carbocycles. The van der Waals surface area contributed by atoms with E-state index in [0.29, 0.717) is 5.82 Å². The number of amides is 2. The summed E-state index contributed by atoms with van der Waals surface area (Å²) in [4.78, 5) is 26.1. The lowest BCUT2D eigenvalue weighted by Crippen LogP contribution is -2.44. The van der Waals surface area contributed by atoms with Gasteiger partial charge in [-0.25, -0.2) is 4.79 Å². The molecule has 1 aromatic heterocycles. The third-order valence-corrected chi connectivity index (χ3v) is 4.16. The van der Waals surface area contributed by atoms with Crippen molar-refractivity contribution in [2.45, 2.75) is 37.9 Å². The summed E-state index contributed by atoms with van der Waals surface area (Å²) in [5.74, 6) is 0.763. The number of hydrogen-bond donors (Lipinski definition) is 3. The third-order valence-electron chi connectivity index (χ3n) is 4.16. The van der Waals surface area contributed by atoms with Crippen LogP contribution in [0.1, 0.15) is 36.5 Å². The second-order valence-corrected chi connectivity index (χ2v) is 5.98. The van der Waals surface area contributed by atoms with Gasteiger partial charge < -0.3 is 20.9 Å². The van der Waals surface area contributed by atoms with Crippen molar-refractivity contribution in [2.75, 3.05) is 0 Å². The topological polar surface area (TPSA) is 149 Å². The Kier molecular flexibility index (Phi) is 6.11. The fourth-order valence-corrected chi connectivity index (χ4v) is 2.45. The summed E-state index contributed by atoms with van der Waals surface area (Å²) in [7, 11) is 0. The van der Waals surface area contributed by atoms with Gasteiger partial charge in [0.15, 0.2) is 5.82 Å². The second-order valence-electron chi connectivity index (χ2n) is 5.98. The third kappa shape index (κ3) is 4.46. The van der Waals surface area contributed by atoms with Crippen molar-refractivity contribution in [1.29, 1.82) is 0 Å². The van der Waals surface area contributed by atoms with E-state index in [1.807, 2.05) is 0 Å². The van der Waals surface area contributed by atoms with Gasteiger partial charge in [0.25, 0.3) is 5.69 Å². The molecule has 0 radical (unpaired) electrons. The number of carbonyl (C=O) groups is 1. The maximum atomic E-state index is 11.8. The Morgan fingerprint density at radius 1 is 1.27 bits per heavy atom. The van der Waals surface area contributed by atoms with Crippen LogP contribution in [0.3, 0.4) is 0 Å². The molecule has 0 atom stereocenters. The lowest BCUT2D eigenvalue weighted by atomic mass is 9.77. The first-order chi connectivity index (χ1) is 12.0. The van der Waals surface area contributed by atoms with Crippen molar-refractivity contribution >= 4 is 24.1 Å². The predicted molar refractivity (Wildman–Crippen MR) is 93.4 cm³/mol. The molecule has 1 aromatic carbocycles. The van der Waals surface area contributed by atoms with Crippen LogP contribution in [-0.4, -0.2) is 21.1 Å². The normalized spacial score (nSPS) is 14.7. The van der Waals surface area contributed by atoms with Gasteiger partial charge in [0.2, 0.25) is 5.89 Å². The smallest absolute Gasteiger partial charge is 0.315 e. The zero-order valence-corrected chi connectivity index (χ0v) is 14.6. The fraction of sp³-hybridized carbons (Fsp3) is 0.400. The molecule has 140 valence electrons. The quantitative estimate of drug-likeness (QED) is 0.508. The van der Waals surface area contributed by atoms with Crippen molar-refractivity contribution in [3.63, 3.8) is 0 Å². The summed E-state index contributed by atoms with van der Waals surface area (Å²) in [6.07, 6.45) is 2.70. The molecular formula is C15H19ClN6O4. The van der Waals surface area contributed by atoms with E-state index < -0.39 is 16.5 Å². The number of benzene rings is 1. The molecule has 0 saturated heterocycles. The molecule has 1 aliphatic carbocycles. The largest absolute Gasteiger partial charge is 0.337 e. The van der Waals surface area contributed by atoms with E-state index in [-0.39, 0.29) is 37.1 Å². The van der Waals surface area contributed by atoms with Gasteiger partial charge in [-0.3, -0.25) is 10.1 Å². The number of rotatable bonds is 6. The molecule has 2 amide bonds. The van der Waals surface area contributed by atoms with Crippen LogP contribution in [0.5, 0.6) is 0 Å². The van der Waals surface area contributed by atoms with Crippen molar-refractivity contribution in [3.8, 4) is 0 Å². The maximum absolute atomic E-state index is 11.8. The molecular weight excluding hydrogens is 364 g/mol. The van der Waals surface area contributed by atoms with Crippen molar-refractivity contribution in [2.24, 2.45) is 5.73 Å². The SMILES string of the molecule is Cl.NC1(c2noc(CNC(=O)NCc3ccc([N+](=O)[O-])cc3)n2)CCC1. The number of hydrogen-bond acceptors (Lipinski definition) is 7. The van der Waals surface area contributed by atoms with Gasteiger partial charge in [0.05, 0.1) is 17.0 Å². The zero-order chi connectivity index (χ0) is 17.9. The highest BCUT2D eigenvalue weighted by molar-refractivity contribution is 5.85. The summed E-state index contributed by atoms with van der Waals surface area (Å²) >= 11 is 0. The Bertz CT molecular complexity index is 775. The number of non-ortho nitro benzene ring substituents is 1. The highest BCUT2D eigenvalue weighted by Gasteiger charge is 2.38. The van der Waals surface area contributed by atoms with E-state index in [9.17, 15) is 14.9 Å². The summed E-state index contributed by atoms with van der Waals surface area (Å²) in [6.45, 7) is 0.333. The lowest BCUT2D eigenvalue weighted by Gasteiger charge is -2.34. The Morgan fingerprint density at radius 3 is 2.50 bits per heavy atom. The van der Waals surface area contributed by atoms with Crippen LogP contribution in [-0.2, 0) is 18.6 Å². The van der Waals surface area contributed by atoms with Gasteiger partial charge in [-0.1, -0.05) is 17.3 Å². The first-order valence-electron chi connectivity index (χ1n) is 7.83. The van der Waals surface area contributed by atoms with Crippen LogP contribution in [0.15, 0.2) is 28.8 Å². The van der Waals surface area contributed by atoms with Gasteiger partial charge in [0, 0.05) is 18.7 Å². The van der Waals surface area contributed by atoms with Crippen LogP contribution in [0.2, 0.25) is 0 Å².